The molecule has 1 saturated carbocycles. The van der Waals surface area contributed by atoms with Gasteiger partial charge in [-0.1, -0.05) is 32.4 Å². The second kappa shape index (κ2) is 19.0. The Morgan fingerprint density at radius 2 is 1.63 bits per heavy atom. The zero-order valence-corrected chi connectivity index (χ0v) is 33.8. The fourth-order valence-corrected chi connectivity index (χ4v) is 7.02. The molecule has 59 heavy (non-hydrogen) atoms. The lowest BCUT2D eigenvalue weighted by atomic mass is 9.67. The number of carbonyl (C=O) groups is 6. The van der Waals surface area contributed by atoms with Crippen LogP contribution in [0.1, 0.15) is 75.7 Å². The summed E-state index contributed by atoms with van der Waals surface area (Å²) in [5.74, 6) is -3.30. The number of amides is 6. The monoisotopic (exact) mass is 820 g/mol. The van der Waals surface area contributed by atoms with Crippen molar-refractivity contribution in [2.45, 2.75) is 85.0 Å². The lowest BCUT2D eigenvalue weighted by molar-refractivity contribution is -0.151. The molecule has 2 aromatic carbocycles. The number of rotatable bonds is 16. The Morgan fingerprint density at radius 3 is 2.20 bits per heavy atom. The molecule has 7 N–H and O–H groups in total. The van der Waals surface area contributed by atoms with Gasteiger partial charge in [0.05, 0.1) is 11.2 Å². The summed E-state index contributed by atoms with van der Waals surface area (Å²) in [6.45, 7) is 9.12. The minimum absolute atomic E-state index is 0.0267. The van der Waals surface area contributed by atoms with Crippen LogP contribution in [-0.2, 0) is 32.3 Å². The maximum Gasteiger partial charge on any atom is 0.410 e. The Labute approximate surface area is 340 Å². The highest BCUT2D eigenvalue weighted by molar-refractivity contribution is 6.08. The van der Waals surface area contributed by atoms with Crippen molar-refractivity contribution in [2.24, 2.45) is 17.1 Å². The Balaban J connectivity index is 1.15. The summed E-state index contributed by atoms with van der Waals surface area (Å²) in [5.41, 5.74) is 4.40. The van der Waals surface area contributed by atoms with Gasteiger partial charge < -0.3 is 51.2 Å². The van der Waals surface area contributed by atoms with Crippen molar-refractivity contribution in [1.29, 1.82) is 0 Å². The van der Waals surface area contributed by atoms with Gasteiger partial charge in [0.15, 0.2) is 0 Å². The average Bonchev–Trinajstić information content (AvgIpc) is 3.18. The van der Waals surface area contributed by atoms with E-state index < -0.39 is 58.2 Å². The van der Waals surface area contributed by atoms with E-state index >= 15 is 4.39 Å². The molecule has 0 radical (unpaired) electrons. The largest absolute Gasteiger partial charge is 0.477 e. The van der Waals surface area contributed by atoms with Crippen molar-refractivity contribution in [3.8, 4) is 0 Å². The van der Waals surface area contributed by atoms with E-state index in [1.807, 2.05) is 20.8 Å². The van der Waals surface area contributed by atoms with Crippen LogP contribution in [0.2, 0.25) is 0 Å². The zero-order chi connectivity index (χ0) is 43.0. The van der Waals surface area contributed by atoms with Gasteiger partial charge in [-0.25, -0.2) is 18.8 Å². The number of anilines is 2. The molecule has 18 heteroatoms. The third kappa shape index (κ3) is 10.3. The molecule has 0 spiro atoms. The summed E-state index contributed by atoms with van der Waals surface area (Å²) < 4.78 is 22.5. The topological polar surface area (TPSA) is 234 Å². The number of urea groups is 1. The fourth-order valence-electron chi connectivity index (χ4n) is 7.02. The number of hydrogen-bond acceptors (Lipinski definition) is 9. The molecule has 318 valence electrons. The van der Waals surface area contributed by atoms with Crippen molar-refractivity contribution >= 4 is 58.1 Å². The van der Waals surface area contributed by atoms with Gasteiger partial charge in [0.2, 0.25) is 23.2 Å². The Hall–Kier alpha value is -6.20. The van der Waals surface area contributed by atoms with Crippen molar-refractivity contribution in [3.05, 3.63) is 69.8 Å². The first kappa shape index (κ1) is 43.9. The normalized spacial score (nSPS) is 15.8. The average molecular weight is 821 g/mol. The van der Waals surface area contributed by atoms with E-state index in [-0.39, 0.29) is 74.7 Å². The molecule has 2 heterocycles. The molecule has 5 rings (SSSR count). The quantitative estimate of drug-likeness (QED) is 0.0909. The molecule has 6 amide bonds. The summed E-state index contributed by atoms with van der Waals surface area (Å²) in [6.07, 6.45) is 2.60. The lowest BCUT2D eigenvalue weighted by Crippen LogP contribution is -2.59. The van der Waals surface area contributed by atoms with Crippen LogP contribution in [0.4, 0.5) is 25.4 Å². The Morgan fingerprint density at radius 1 is 0.966 bits per heavy atom. The number of pyridine rings is 1. The number of carbonyl (C=O) groups excluding carboxylic acids is 5. The number of piperazine rings is 1. The van der Waals surface area contributed by atoms with Crippen molar-refractivity contribution in [1.82, 2.24) is 25.4 Å². The molecule has 0 bridgehead atoms. The number of aromatic nitrogens is 1. The number of halogens is 1. The smallest absolute Gasteiger partial charge is 0.410 e. The van der Waals surface area contributed by atoms with Gasteiger partial charge in [-0.3, -0.25) is 19.2 Å². The number of aryl methyl sites for hydroxylation is 1. The molecule has 1 aliphatic heterocycles. The van der Waals surface area contributed by atoms with E-state index in [0.29, 0.717) is 49.0 Å². The highest BCUT2D eigenvalue weighted by Crippen LogP contribution is 2.42. The molecule has 1 aliphatic carbocycles. The van der Waals surface area contributed by atoms with E-state index in [4.69, 9.17) is 10.5 Å². The van der Waals surface area contributed by atoms with Crippen LogP contribution in [0, 0.1) is 17.2 Å². The van der Waals surface area contributed by atoms with Crippen molar-refractivity contribution in [2.75, 3.05) is 42.9 Å². The summed E-state index contributed by atoms with van der Waals surface area (Å²) in [5, 5.41) is 20.4. The molecule has 2 unspecified atom stereocenters. The van der Waals surface area contributed by atoms with E-state index in [1.165, 1.54) is 17.2 Å². The molecule has 17 nitrogen and oxygen atoms in total. The van der Waals surface area contributed by atoms with Gasteiger partial charge >= 0.3 is 18.1 Å². The third-order valence-corrected chi connectivity index (χ3v) is 11.2. The van der Waals surface area contributed by atoms with Crippen LogP contribution in [0.5, 0.6) is 0 Å². The standard InChI is InChI=1S/C41H53FN8O9/c1-5-48-22-29(36(53)54)34(51)28-20-30(42)33(21-32(28)48)49-16-18-50(19-17-49)40(58)59-23-26-9-11-27(12-10-26)46-35(52)31(8-6-15-44-39(43)57)47-38(56)41(13-7-14-41)37(55)45-25(4)24(2)3/h9-12,20-22,24-25,31H,5-8,13-19,23H2,1-4H3,(H,45,55)(H,46,52)(H,47,56)(H,53,54)(H3,43,44,57). The number of fused-ring (bicyclic) bond motifs is 1. The molecule has 2 fully saturated rings. The number of primary amides is 1. The van der Waals surface area contributed by atoms with E-state index in [0.717, 1.165) is 6.07 Å². The molecule has 2 aliphatic rings. The molecular weight excluding hydrogens is 767 g/mol. The van der Waals surface area contributed by atoms with Gasteiger partial charge in [-0.2, -0.15) is 0 Å². The number of nitrogens with one attached hydrogen (secondary N) is 4. The predicted molar refractivity (Wildman–Crippen MR) is 217 cm³/mol. The highest BCUT2D eigenvalue weighted by atomic mass is 19.1. The van der Waals surface area contributed by atoms with Crippen LogP contribution < -0.4 is 37.3 Å². The first-order valence-corrected chi connectivity index (χ1v) is 19.9. The summed E-state index contributed by atoms with van der Waals surface area (Å²) in [7, 11) is 0. The van der Waals surface area contributed by atoms with Crippen molar-refractivity contribution in [3.63, 3.8) is 0 Å². The predicted octanol–water partition coefficient (Wildman–Crippen LogP) is 3.52. The highest BCUT2D eigenvalue weighted by Gasteiger charge is 2.51. The fraction of sp³-hybridized carbons (Fsp3) is 0.488. The first-order valence-electron chi connectivity index (χ1n) is 19.9. The second-order valence-electron chi connectivity index (χ2n) is 15.4. The maximum atomic E-state index is 15.3. The first-order chi connectivity index (χ1) is 28.0. The molecule has 1 saturated heterocycles. The van der Waals surface area contributed by atoms with E-state index in [9.17, 15) is 38.7 Å². The minimum atomic E-state index is -1.39. The van der Waals surface area contributed by atoms with Gasteiger partial charge in [-0.15, -0.1) is 0 Å². The summed E-state index contributed by atoms with van der Waals surface area (Å²) >= 11 is 0. The van der Waals surface area contributed by atoms with Crippen LogP contribution in [-0.4, -0.2) is 95.2 Å². The Bertz CT molecular complexity index is 2130. The van der Waals surface area contributed by atoms with Gasteiger partial charge in [-0.05, 0) is 75.3 Å². The number of carboxylic acids is 1. The number of ether oxygens (including phenoxy) is 1. The Kier molecular flexibility index (Phi) is 14.2. The van der Waals surface area contributed by atoms with Gasteiger partial charge in [0.25, 0.3) is 0 Å². The van der Waals surface area contributed by atoms with Crippen LogP contribution in [0.15, 0.2) is 47.4 Å². The number of nitrogens with zero attached hydrogens (tertiary/aromatic N) is 3. The molecule has 1 aromatic heterocycles. The van der Waals surface area contributed by atoms with Crippen LogP contribution >= 0.6 is 0 Å². The molecular formula is C41H53FN8O9. The number of aromatic carboxylic acids is 1. The van der Waals surface area contributed by atoms with Crippen molar-refractivity contribution < 1.29 is 43.0 Å². The molecule has 3 aromatic rings. The summed E-state index contributed by atoms with van der Waals surface area (Å²) in [4.78, 5) is 92.1. The number of benzene rings is 2. The second-order valence-corrected chi connectivity index (χ2v) is 15.4. The number of hydrogen-bond donors (Lipinski definition) is 6. The lowest BCUT2D eigenvalue weighted by Gasteiger charge is -2.40. The zero-order valence-electron chi connectivity index (χ0n) is 33.8. The van der Waals surface area contributed by atoms with E-state index in [2.05, 4.69) is 21.3 Å². The number of carboxylic acid groups (broad SMARTS) is 1. The third-order valence-electron chi connectivity index (χ3n) is 11.2. The molecule has 2 atom stereocenters. The SMILES string of the molecule is CCn1cc(C(=O)O)c(=O)c2cc(F)c(N3CCN(C(=O)OCc4ccc(NC(=O)C(CCCNC(N)=O)NC(=O)C5(C(=O)NC(C)C(C)C)CCC5)cc4)CC3)cc21. The summed E-state index contributed by atoms with van der Waals surface area (Å²) in [6, 6.07) is 7.31. The van der Waals surface area contributed by atoms with Crippen LogP contribution in [0.25, 0.3) is 10.9 Å². The maximum absolute atomic E-state index is 15.3. The van der Waals surface area contributed by atoms with Crippen LogP contribution in [0.3, 0.4) is 0 Å². The minimum Gasteiger partial charge on any atom is -0.477 e. The van der Waals surface area contributed by atoms with Gasteiger partial charge in [0, 0.05) is 62.6 Å². The van der Waals surface area contributed by atoms with Gasteiger partial charge in [0.1, 0.15) is 29.4 Å². The van der Waals surface area contributed by atoms with E-state index in [1.54, 1.807) is 40.7 Å². The number of nitrogens with two attached hydrogens (primary N) is 1.